The number of carbonyl (C=O) groups is 2. The van der Waals surface area contributed by atoms with Crippen LogP contribution in [0.15, 0.2) is 117 Å². The van der Waals surface area contributed by atoms with E-state index in [0.29, 0.717) is 47.1 Å². The second kappa shape index (κ2) is 23.6. The topological polar surface area (TPSA) is 75.6 Å². The highest BCUT2D eigenvalue weighted by molar-refractivity contribution is 9.10. The molecule has 0 fully saturated rings. The van der Waals surface area contributed by atoms with E-state index in [1.807, 2.05) is 36.4 Å². The van der Waals surface area contributed by atoms with Crippen LogP contribution in [0.5, 0.6) is 0 Å². The Morgan fingerprint density at radius 2 is 0.941 bits per heavy atom. The van der Waals surface area contributed by atoms with Crippen molar-refractivity contribution in [3.63, 3.8) is 0 Å². The van der Waals surface area contributed by atoms with Gasteiger partial charge in [-0.2, -0.15) is 0 Å². The molecule has 0 aliphatic carbocycles. The van der Waals surface area contributed by atoms with Crippen LogP contribution in [0.2, 0.25) is 30.1 Å². The van der Waals surface area contributed by atoms with Gasteiger partial charge in [-0.15, -0.1) is 0 Å². The third-order valence-corrected chi connectivity index (χ3v) is 8.82. The molecule has 18 heteroatoms. The lowest BCUT2D eigenvalue weighted by molar-refractivity contribution is 0.102. The Labute approximate surface area is 362 Å². The highest BCUT2D eigenvalue weighted by atomic mass is 79.9. The van der Waals surface area contributed by atoms with Crippen LogP contribution in [0.1, 0.15) is 26.3 Å². The Morgan fingerprint density at radius 1 is 0.569 bits per heavy atom. The summed E-state index contributed by atoms with van der Waals surface area (Å²) in [6.45, 7) is 0. The molecule has 5 rings (SSSR count). The first-order chi connectivity index (χ1) is 24.0. The van der Waals surface area contributed by atoms with E-state index in [9.17, 15) is 9.59 Å². The smallest absolute Gasteiger partial charge is 0.257 e. The summed E-state index contributed by atoms with van der Waals surface area (Å²) in [6.07, 6.45) is 0. The van der Waals surface area contributed by atoms with Gasteiger partial charge in [-0.25, -0.2) is 9.20 Å². The summed E-state index contributed by atoms with van der Waals surface area (Å²) in [5.74, 6) is -0.265. The van der Waals surface area contributed by atoms with Crippen molar-refractivity contribution >= 4 is 183 Å². The normalized spacial score (nSPS) is 10.5. The molecule has 1 amide bonds. The first-order valence-corrected chi connectivity index (χ1v) is 20.7. The maximum atomic E-state index is 12.0. The van der Waals surface area contributed by atoms with Gasteiger partial charge in [-0.05, 0) is 115 Å². The number of amides is 1. The fraction of sp³-hybridized carbons (Fsp3) is 0. The third kappa shape index (κ3) is 17.7. The van der Waals surface area contributed by atoms with Crippen molar-refractivity contribution in [2.24, 2.45) is 4.99 Å². The van der Waals surface area contributed by atoms with E-state index >= 15 is 0 Å². The van der Waals surface area contributed by atoms with Gasteiger partial charge in [0.25, 0.3) is 11.1 Å². The van der Waals surface area contributed by atoms with E-state index < -0.39 is 14.5 Å². The lowest BCUT2D eigenvalue weighted by atomic mass is 10.2. The zero-order valence-corrected chi connectivity index (χ0v) is 36.5. The third-order valence-electron chi connectivity index (χ3n) is 5.63. The van der Waals surface area contributed by atoms with Crippen LogP contribution in [0.3, 0.4) is 0 Å². The average Bonchev–Trinajstić information content (AvgIpc) is 3.03. The van der Waals surface area contributed by atoms with E-state index in [4.69, 9.17) is 97.0 Å². The number of rotatable bonds is 5. The molecule has 0 aliphatic rings. The number of benzene rings is 5. The van der Waals surface area contributed by atoms with Gasteiger partial charge in [-0.3, -0.25) is 9.59 Å². The summed E-state index contributed by atoms with van der Waals surface area (Å²) in [5.41, 5.74) is 2.79. The maximum absolute atomic E-state index is 12.0. The molecule has 0 radical (unpaired) electrons. The molecule has 268 valence electrons. The number of nitrogens with zero attached hydrogens (tertiary/aromatic N) is 1. The van der Waals surface area contributed by atoms with Crippen molar-refractivity contribution < 1.29 is 13.8 Å². The number of hydrogen-bond acceptors (Lipinski definition) is 4. The fourth-order valence-electron chi connectivity index (χ4n) is 3.40. The minimum Gasteiger partial charge on any atom is -0.322 e. The molecule has 0 spiro atoms. The summed E-state index contributed by atoms with van der Waals surface area (Å²) < 4.78 is 11.0. The number of nitrogens with one attached hydrogen (secondary N) is 1. The number of halogens is 12. The van der Waals surface area contributed by atoms with Crippen LogP contribution in [0, 0.1) is 0 Å². The van der Waals surface area contributed by atoms with Gasteiger partial charge in [0.2, 0.25) is 9.23 Å². The molecule has 51 heavy (non-hydrogen) atoms. The second-order valence-corrected chi connectivity index (χ2v) is 16.8. The molecule has 0 aliphatic heterocycles. The van der Waals surface area contributed by atoms with Gasteiger partial charge < -0.3 is 5.32 Å². The highest BCUT2D eigenvalue weighted by Crippen LogP contribution is 2.26. The van der Waals surface area contributed by atoms with Gasteiger partial charge in [0.15, 0.2) is 0 Å². The van der Waals surface area contributed by atoms with E-state index in [-0.39, 0.29) is 16.5 Å². The summed E-state index contributed by atoms with van der Waals surface area (Å²) in [6, 6.07) is 29.2. The summed E-state index contributed by atoms with van der Waals surface area (Å²) in [4.78, 5) is 26.9. The predicted octanol–water partition coefficient (Wildman–Crippen LogP) is 15.5. The van der Waals surface area contributed by atoms with Gasteiger partial charge in [0.1, 0.15) is 5.17 Å². The van der Waals surface area contributed by atoms with E-state index in [0.717, 1.165) is 14.6 Å². The molecular weight excluding hydrogens is 1020 g/mol. The molecule has 5 nitrogen and oxygen atoms in total. The molecule has 0 saturated carbocycles. The standard InChI is InChI=1S/C13H7BrCl3N.C13H8BrCl2NO.C7H3Cl3O.Cl2OS/c14-8-1-4-10(5-2-8)18-13(17)11-6-3-9(15)7-12(11)16;14-8-1-4-10(5-2-8)17-13(18)11-6-3-9(15)7-12(11)16;8-4-1-2-5(7(10)11)6(9)3-4;1-4(2)3/h1-7H;1-7H,(H,17,18);1-3H;. The Balaban J connectivity index is 0.000000258. The summed E-state index contributed by atoms with van der Waals surface area (Å²) in [7, 11) is 7.36. The molecule has 0 unspecified atom stereocenters. The Bertz CT molecular complexity index is 2020. The number of aliphatic imine (C=N–C) groups is 1. The zero-order valence-electron chi connectivity index (χ0n) is 24.9. The molecule has 0 atom stereocenters. The Hall–Kier alpha value is -1.08. The molecule has 0 heterocycles. The van der Waals surface area contributed by atoms with Crippen molar-refractivity contribution in [3.05, 3.63) is 159 Å². The summed E-state index contributed by atoms with van der Waals surface area (Å²) in [5, 5.41) is 5.15. The van der Waals surface area contributed by atoms with E-state index in [1.165, 1.54) is 12.1 Å². The van der Waals surface area contributed by atoms with E-state index in [1.54, 1.807) is 54.6 Å². The molecular formula is C33H18Br2Cl10N2O3S. The second-order valence-electron chi connectivity index (χ2n) is 9.17. The maximum Gasteiger partial charge on any atom is 0.257 e. The number of anilines is 1. The Morgan fingerprint density at radius 3 is 1.33 bits per heavy atom. The molecule has 5 aromatic carbocycles. The highest BCUT2D eigenvalue weighted by Gasteiger charge is 2.11. The molecule has 0 aromatic heterocycles. The number of hydrogen-bond donors (Lipinski definition) is 1. The van der Waals surface area contributed by atoms with Crippen LogP contribution in [0.25, 0.3) is 0 Å². The van der Waals surface area contributed by atoms with Crippen LogP contribution < -0.4 is 5.32 Å². The molecule has 1 N–H and O–H groups in total. The van der Waals surface area contributed by atoms with Crippen LogP contribution in [-0.4, -0.2) is 20.5 Å². The Kier molecular flexibility index (Phi) is 21.4. The van der Waals surface area contributed by atoms with Crippen molar-refractivity contribution in [3.8, 4) is 0 Å². The van der Waals surface area contributed by atoms with Gasteiger partial charge in [-0.1, -0.05) is 113 Å². The van der Waals surface area contributed by atoms with Gasteiger partial charge in [0.05, 0.1) is 31.9 Å². The van der Waals surface area contributed by atoms with Crippen LogP contribution in [-0.2, 0) is 9.23 Å². The lowest BCUT2D eigenvalue weighted by Gasteiger charge is -2.07. The van der Waals surface area contributed by atoms with Crippen LogP contribution in [0.4, 0.5) is 11.4 Å². The van der Waals surface area contributed by atoms with Crippen molar-refractivity contribution in [2.45, 2.75) is 0 Å². The van der Waals surface area contributed by atoms with Crippen molar-refractivity contribution in [1.82, 2.24) is 0 Å². The zero-order chi connectivity index (χ0) is 38.2. The minimum atomic E-state index is -1.67. The largest absolute Gasteiger partial charge is 0.322 e. The van der Waals surface area contributed by atoms with Gasteiger partial charge >= 0.3 is 0 Å². The van der Waals surface area contributed by atoms with E-state index in [2.05, 4.69) is 63.5 Å². The van der Waals surface area contributed by atoms with Gasteiger partial charge in [0, 0.05) is 56.6 Å². The van der Waals surface area contributed by atoms with Crippen molar-refractivity contribution in [1.29, 1.82) is 0 Å². The first-order valence-electron chi connectivity index (χ1n) is 13.3. The average molecular weight is 1040 g/mol. The SMILES string of the molecule is ClC(=Nc1ccc(Br)cc1)c1ccc(Cl)cc1Cl.O=C(Cl)c1ccc(Cl)cc1Cl.O=C(Nc1ccc(Br)cc1)c1ccc(Cl)cc1Cl.O=S(Cl)Cl. The van der Waals surface area contributed by atoms with Crippen LogP contribution >= 0.6 is 146 Å². The minimum absolute atomic E-state index is 0.265. The molecule has 0 bridgehead atoms. The van der Waals surface area contributed by atoms with Crippen molar-refractivity contribution in [2.75, 3.05) is 5.32 Å². The summed E-state index contributed by atoms with van der Waals surface area (Å²) >= 11 is 52.9. The molecule has 5 aromatic rings. The quantitative estimate of drug-likeness (QED) is 0.141. The monoisotopic (exact) mass is 1030 g/mol. The predicted molar refractivity (Wildman–Crippen MR) is 228 cm³/mol. The number of carbonyl (C=O) groups excluding carboxylic acids is 2. The molecule has 0 saturated heterocycles. The first kappa shape index (κ1) is 46.1. The fourth-order valence-corrected chi connectivity index (χ4v) is 5.94. The lowest BCUT2D eigenvalue weighted by Crippen LogP contribution is -2.12.